The van der Waals surface area contributed by atoms with Crippen molar-refractivity contribution in [2.75, 3.05) is 0 Å². The van der Waals surface area contributed by atoms with Gasteiger partial charge in [0, 0.05) is 18.1 Å². The number of aryl methyl sites for hydroxylation is 1. The van der Waals surface area contributed by atoms with E-state index in [0.717, 1.165) is 21.8 Å². The van der Waals surface area contributed by atoms with Crippen molar-refractivity contribution >= 4 is 22.6 Å². The van der Waals surface area contributed by atoms with Gasteiger partial charge in [0.2, 0.25) is 0 Å². The molecule has 1 aromatic heterocycles. The van der Waals surface area contributed by atoms with E-state index in [1.54, 1.807) is 11.3 Å². The highest BCUT2D eigenvalue weighted by Crippen LogP contribution is 2.53. The van der Waals surface area contributed by atoms with Gasteiger partial charge in [0.05, 0.1) is 10.7 Å². The van der Waals surface area contributed by atoms with Gasteiger partial charge in [0.15, 0.2) is 0 Å². The molecule has 2 nitrogen and oxygen atoms in total. The van der Waals surface area contributed by atoms with Crippen LogP contribution < -0.4 is 0 Å². The van der Waals surface area contributed by atoms with Crippen LogP contribution in [0.4, 0.5) is 5.00 Å². The molecular weight excluding hydrogens is 156 g/mol. The number of rotatable bonds is 0. The van der Waals surface area contributed by atoms with Gasteiger partial charge < -0.3 is 0 Å². The van der Waals surface area contributed by atoms with Crippen LogP contribution in [-0.2, 0) is 0 Å². The van der Waals surface area contributed by atoms with Crippen molar-refractivity contribution in [2.24, 2.45) is 10.9 Å². The molecule has 11 heavy (non-hydrogen) atoms. The predicted octanol–water partition coefficient (Wildman–Crippen LogP) is 2.27. The van der Waals surface area contributed by atoms with Crippen molar-refractivity contribution in [2.45, 2.75) is 19.3 Å². The molecule has 1 aliphatic heterocycles. The van der Waals surface area contributed by atoms with Crippen molar-refractivity contribution in [3.63, 3.8) is 0 Å². The number of nitrogens with zero attached hydrogens (tertiary/aromatic N) is 2. The maximum atomic E-state index is 4.48. The molecule has 2 heterocycles. The zero-order valence-electron chi connectivity index (χ0n) is 6.24. The molecule has 1 saturated carbocycles. The first-order valence-corrected chi connectivity index (χ1v) is 4.68. The average Bonchev–Trinajstić information content (AvgIpc) is 2.67. The lowest BCUT2D eigenvalue weighted by Crippen LogP contribution is -1.90. The van der Waals surface area contributed by atoms with E-state index in [0.29, 0.717) is 0 Å². The SMILES string of the molecule is Cc1nc2c(s1)N=CC1CC21. The van der Waals surface area contributed by atoms with Crippen molar-refractivity contribution in [3.05, 3.63) is 10.7 Å². The van der Waals surface area contributed by atoms with E-state index < -0.39 is 0 Å². The van der Waals surface area contributed by atoms with Gasteiger partial charge in [-0.3, -0.25) is 0 Å². The highest BCUT2D eigenvalue weighted by Gasteiger charge is 2.42. The molecule has 2 aliphatic rings. The van der Waals surface area contributed by atoms with Gasteiger partial charge in [0.25, 0.3) is 0 Å². The topological polar surface area (TPSA) is 25.2 Å². The molecule has 0 amide bonds. The predicted molar refractivity (Wildman–Crippen MR) is 45.9 cm³/mol. The van der Waals surface area contributed by atoms with E-state index in [-0.39, 0.29) is 0 Å². The van der Waals surface area contributed by atoms with Gasteiger partial charge in [-0.2, -0.15) is 0 Å². The molecule has 3 rings (SSSR count). The second-order valence-corrected chi connectivity index (χ2v) is 4.39. The van der Waals surface area contributed by atoms with E-state index in [4.69, 9.17) is 0 Å². The summed E-state index contributed by atoms with van der Waals surface area (Å²) < 4.78 is 0. The van der Waals surface area contributed by atoms with Crippen molar-refractivity contribution in [1.82, 2.24) is 4.98 Å². The summed E-state index contributed by atoms with van der Waals surface area (Å²) in [6.07, 6.45) is 3.37. The van der Waals surface area contributed by atoms with E-state index in [2.05, 4.69) is 23.1 Å². The van der Waals surface area contributed by atoms with Crippen LogP contribution in [0.5, 0.6) is 0 Å². The van der Waals surface area contributed by atoms with Gasteiger partial charge in [0.1, 0.15) is 5.00 Å². The Morgan fingerprint density at radius 3 is 3.45 bits per heavy atom. The maximum Gasteiger partial charge on any atom is 0.139 e. The molecule has 1 aliphatic carbocycles. The lowest BCUT2D eigenvalue weighted by Gasteiger charge is -1.98. The lowest BCUT2D eigenvalue weighted by molar-refractivity contribution is 0.978. The molecule has 0 saturated heterocycles. The quantitative estimate of drug-likeness (QED) is 0.577. The molecule has 3 heteroatoms. The molecule has 0 aromatic carbocycles. The fraction of sp³-hybridized carbons (Fsp3) is 0.500. The highest BCUT2D eigenvalue weighted by atomic mass is 32.1. The first-order chi connectivity index (χ1) is 5.34. The minimum Gasteiger partial charge on any atom is -0.248 e. The zero-order chi connectivity index (χ0) is 7.42. The second-order valence-electron chi connectivity index (χ2n) is 3.21. The fourth-order valence-corrected chi connectivity index (χ4v) is 2.46. The summed E-state index contributed by atoms with van der Waals surface area (Å²) >= 11 is 1.71. The number of aliphatic imine (C=N–C) groups is 1. The summed E-state index contributed by atoms with van der Waals surface area (Å²) in [5.41, 5.74) is 1.26. The van der Waals surface area contributed by atoms with Crippen LogP contribution in [0.15, 0.2) is 4.99 Å². The van der Waals surface area contributed by atoms with Crippen LogP contribution in [0.25, 0.3) is 0 Å². The maximum absolute atomic E-state index is 4.48. The van der Waals surface area contributed by atoms with E-state index in [1.807, 2.05) is 0 Å². The molecule has 2 atom stereocenters. The Balaban J connectivity index is 2.23. The number of aromatic nitrogens is 1. The third-order valence-corrected chi connectivity index (χ3v) is 3.21. The van der Waals surface area contributed by atoms with Crippen LogP contribution in [-0.4, -0.2) is 11.2 Å². The molecule has 0 spiro atoms. The third-order valence-electron chi connectivity index (χ3n) is 2.32. The Hall–Kier alpha value is -0.700. The Morgan fingerprint density at radius 2 is 2.55 bits per heavy atom. The van der Waals surface area contributed by atoms with Crippen LogP contribution in [0.1, 0.15) is 23.0 Å². The minimum atomic E-state index is 0.726. The van der Waals surface area contributed by atoms with Crippen molar-refractivity contribution in [3.8, 4) is 0 Å². The minimum absolute atomic E-state index is 0.726. The standard InChI is InChI=1S/C8H8N2S/c1-4-10-7-6-2-5(6)3-9-8(7)11-4/h3,5-6H,2H2,1H3. The normalized spacial score (nSPS) is 31.4. The van der Waals surface area contributed by atoms with E-state index >= 15 is 0 Å². The first-order valence-electron chi connectivity index (χ1n) is 3.86. The van der Waals surface area contributed by atoms with Crippen LogP contribution in [0.2, 0.25) is 0 Å². The summed E-state index contributed by atoms with van der Waals surface area (Å²) in [5, 5.41) is 2.31. The van der Waals surface area contributed by atoms with Crippen LogP contribution >= 0.6 is 11.3 Å². The largest absolute Gasteiger partial charge is 0.248 e. The smallest absolute Gasteiger partial charge is 0.139 e. The Morgan fingerprint density at radius 1 is 1.64 bits per heavy atom. The second kappa shape index (κ2) is 1.72. The molecule has 1 fully saturated rings. The fourth-order valence-electron chi connectivity index (χ4n) is 1.62. The number of thiazole rings is 1. The Kier molecular flexibility index (Phi) is 0.921. The highest BCUT2D eigenvalue weighted by molar-refractivity contribution is 7.15. The van der Waals surface area contributed by atoms with Crippen molar-refractivity contribution < 1.29 is 0 Å². The summed E-state index contributed by atoms with van der Waals surface area (Å²) in [6, 6.07) is 0. The molecule has 0 N–H and O–H groups in total. The summed E-state index contributed by atoms with van der Waals surface area (Å²) in [6.45, 7) is 2.05. The van der Waals surface area contributed by atoms with E-state index in [1.165, 1.54) is 12.1 Å². The van der Waals surface area contributed by atoms with E-state index in [9.17, 15) is 0 Å². The van der Waals surface area contributed by atoms with Gasteiger partial charge in [-0.15, -0.1) is 0 Å². The number of hydrogen-bond donors (Lipinski definition) is 0. The van der Waals surface area contributed by atoms with Gasteiger partial charge in [-0.25, -0.2) is 9.98 Å². The molecule has 56 valence electrons. The van der Waals surface area contributed by atoms with Crippen molar-refractivity contribution in [1.29, 1.82) is 0 Å². The Bertz CT molecular complexity index is 340. The molecule has 2 unspecified atom stereocenters. The third kappa shape index (κ3) is 0.717. The van der Waals surface area contributed by atoms with Gasteiger partial charge in [-0.05, 0) is 13.3 Å². The zero-order valence-corrected chi connectivity index (χ0v) is 7.06. The van der Waals surface area contributed by atoms with Crippen LogP contribution in [0.3, 0.4) is 0 Å². The molecule has 1 aromatic rings. The number of hydrogen-bond acceptors (Lipinski definition) is 3. The van der Waals surface area contributed by atoms with Crippen LogP contribution in [0, 0.1) is 12.8 Å². The average molecular weight is 164 g/mol. The lowest BCUT2D eigenvalue weighted by atomic mass is 10.2. The van der Waals surface area contributed by atoms with Gasteiger partial charge >= 0.3 is 0 Å². The summed E-state index contributed by atoms with van der Waals surface area (Å²) in [4.78, 5) is 8.85. The van der Waals surface area contributed by atoms with Gasteiger partial charge in [-0.1, -0.05) is 11.3 Å². The molecule has 0 bridgehead atoms. The molecular formula is C8H8N2S. The monoisotopic (exact) mass is 164 g/mol. The summed E-state index contributed by atoms with van der Waals surface area (Å²) in [5.74, 6) is 1.46. The number of fused-ring (bicyclic) bond motifs is 3. The summed E-state index contributed by atoms with van der Waals surface area (Å²) in [7, 11) is 0. The Labute approximate surface area is 69.0 Å². The molecule has 0 radical (unpaired) electrons. The first kappa shape index (κ1) is 5.89.